The smallest absolute Gasteiger partial charge is 0.251 e. The molecule has 25 heavy (non-hydrogen) atoms. The van der Waals surface area contributed by atoms with Crippen molar-refractivity contribution in [2.45, 2.75) is 63.5 Å². The molecule has 1 saturated carbocycles. The SMILES string of the molecule is CCC(C)(C)C1CCC(NC(=O)c2ccc(C3SCCS3)cc2)CC1. The van der Waals surface area contributed by atoms with Crippen LogP contribution in [0.1, 0.15) is 73.4 Å². The summed E-state index contributed by atoms with van der Waals surface area (Å²) in [5.74, 6) is 3.35. The van der Waals surface area contributed by atoms with E-state index in [1.165, 1.54) is 36.3 Å². The van der Waals surface area contributed by atoms with Gasteiger partial charge in [-0.3, -0.25) is 4.79 Å². The second kappa shape index (κ2) is 8.39. The van der Waals surface area contributed by atoms with E-state index in [1.54, 1.807) is 0 Å². The average molecular weight is 378 g/mol. The summed E-state index contributed by atoms with van der Waals surface area (Å²) in [4.78, 5) is 12.6. The van der Waals surface area contributed by atoms with Gasteiger partial charge in [-0.25, -0.2) is 0 Å². The predicted octanol–water partition coefficient (Wildman–Crippen LogP) is 5.89. The summed E-state index contributed by atoms with van der Waals surface area (Å²) >= 11 is 4.01. The number of hydrogen-bond donors (Lipinski definition) is 1. The minimum atomic E-state index is 0.0940. The van der Waals surface area contributed by atoms with Gasteiger partial charge in [0.2, 0.25) is 0 Å². The quantitative estimate of drug-likeness (QED) is 0.693. The van der Waals surface area contributed by atoms with Gasteiger partial charge in [0.1, 0.15) is 0 Å². The summed E-state index contributed by atoms with van der Waals surface area (Å²) in [6, 6.07) is 8.60. The van der Waals surface area contributed by atoms with Crippen molar-refractivity contribution in [2.24, 2.45) is 11.3 Å². The van der Waals surface area contributed by atoms with Crippen LogP contribution < -0.4 is 5.32 Å². The van der Waals surface area contributed by atoms with Gasteiger partial charge in [0.05, 0.1) is 4.58 Å². The first-order chi connectivity index (χ1) is 12.0. The van der Waals surface area contributed by atoms with Crippen LogP contribution in [0.5, 0.6) is 0 Å². The Hall–Kier alpha value is -0.610. The minimum Gasteiger partial charge on any atom is -0.349 e. The molecule has 0 spiro atoms. The Balaban J connectivity index is 1.51. The van der Waals surface area contributed by atoms with E-state index >= 15 is 0 Å². The third-order valence-corrected chi connectivity index (χ3v) is 9.25. The van der Waals surface area contributed by atoms with Crippen LogP contribution in [-0.2, 0) is 0 Å². The predicted molar refractivity (Wildman–Crippen MR) is 111 cm³/mol. The highest BCUT2D eigenvalue weighted by Gasteiger charge is 2.32. The fourth-order valence-electron chi connectivity index (χ4n) is 3.92. The third-order valence-electron chi connectivity index (χ3n) is 6.15. The van der Waals surface area contributed by atoms with Gasteiger partial charge in [-0.15, -0.1) is 23.5 Å². The van der Waals surface area contributed by atoms with Gasteiger partial charge in [0.25, 0.3) is 5.91 Å². The molecule has 0 unspecified atom stereocenters. The molecule has 1 aliphatic heterocycles. The number of nitrogens with one attached hydrogen (secondary N) is 1. The molecule has 138 valence electrons. The van der Waals surface area contributed by atoms with Gasteiger partial charge in [0, 0.05) is 23.1 Å². The molecule has 1 aromatic carbocycles. The maximum atomic E-state index is 12.6. The minimum absolute atomic E-state index is 0.0940. The maximum absolute atomic E-state index is 12.6. The fraction of sp³-hybridized carbons (Fsp3) is 0.667. The average Bonchev–Trinajstić information content (AvgIpc) is 3.17. The van der Waals surface area contributed by atoms with E-state index < -0.39 is 0 Å². The number of benzene rings is 1. The lowest BCUT2D eigenvalue weighted by Gasteiger charge is -2.39. The summed E-state index contributed by atoms with van der Waals surface area (Å²) < 4.78 is 0.550. The molecule has 1 aromatic rings. The molecule has 1 aliphatic carbocycles. The molecule has 4 heteroatoms. The van der Waals surface area contributed by atoms with Gasteiger partial charge in [-0.2, -0.15) is 0 Å². The molecule has 1 heterocycles. The van der Waals surface area contributed by atoms with Crippen LogP contribution in [0, 0.1) is 11.3 Å². The lowest BCUT2D eigenvalue weighted by atomic mass is 9.69. The van der Waals surface area contributed by atoms with Crippen molar-refractivity contribution in [3.8, 4) is 0 Å². The summed E-state index contributed by atoms with van der Waals surface area (Å²) in [5, 5.41) is 3.26. The Morgan fingerprint density at radius 3 is 2.24 bits per heavy atom. The second-order valence-electron chi connectivity index (χ2n) is 8.06. The van der Waals surface area contributed by atoms with Gasteiger partial charge in [0.15, 0.2) is 0 Å². The zero-order valence-corrected chi connectivity index (χ0v) is 17.3. The van der Waals surface area contributed by atoms with Gasteiger partial charge in [-0.05, 0) is 54.7 Å². The lowest BCUT2D eigenvalue weighted by Crippen LogP contribution is -2.39. The summed E-state index contributed by atoms with van der Waals surface area (Å²) in [5.41, 5.74) is 2.57. The molecule has 0 aromatic heterocycles. The number of amides is 1. The number of carbonyl (C=O) groups is 1. The molecule has 2 fully saturated rings. The fourth-order valence-corrected chi connectivity index (χ4v) is 6.78. The molecule has 1 N–H and O–H groups in total. The van der Waals surface area contributed by atoms with Gasteiger partial charge in [-0.1, -0.05) is 39.3 Å². The van der Waals surface area contributed by atoms with E-state index in [9.17, 15) is 4.79 Å². The first kappa shape index (κ1) is 19.2. The van der Waals surface area contributed by atoms with Crippen molar-refractivity contribution in [3.63, 3.8) is 0 Å². The van der Waals surface area contributed by atoms with Crippen molar-refractivity contribution < 1.29 is 4.79 Å². The Morgan fingerprint density at radius 2 is 1.68 bits per heavy atom. The standard InChI is InChI=1S/C21H31NOS2/c1-4-21(2,3)17-9-11-18(12-10-17)22-19(23)15-5-7-16(8-6-15)20-24-13-14-25-20/h5-8,17-18,20H,4,9-14H2,1-3H3,(H,22,23). The van der Waals surface area contributed by atoms with E-state index in [1.807, 2.05) is 35.7 Å². The molecule has 2 aliphatic rings. The Bertz CT molecular complexity index is 570. The maximum Gasteiger partial charge on any atom is 0.251 e. The van der Waals surface area contributed by atoms with Crippen LogP contribution >= 0.6 is 23.5 Å². The van der Waals surface area contributed by atoms with E-state index in [2.05, 4.69) is 38.2 Å². The van der Waals surface area contributed by atoms with Gasteiger partial charge < -0.3 is 5.32 Å². The first-order valence-electron chi connectivity index (χ1n) is 9.63. The molecule has 3 rings (SSSR count). The molecular weight excluding hydrogens is 346 g/mol. The third kappa shape index (κ3) is 4.77. The zero-order chi connectivity index (χ0) is 17.9. The molecule has 0 radical (unpaired) electrons. The van der Waals surface area contributed by atoms with Crippen LogP contribution in [-0.4, -0.2) is 23.5 Å². The Kier molecular flexibility index (Phi) is 6.43. The van der Waals surface area contributed by atoms with Crippen LogP contribution in [0.15, 0.2) is 24.3 Å². The first-order valence-corrected chi connectivity index (χ1v) is 11.7. The normalized spacial score (nSPS) is 25.1. The topological polar surface area (TPSA) is 29.1 Å². The van der Waals surface area contributed by atoms with Crippen LogP contribution in [0.2, 0.25) is 0 Å². The number of hydrogen-bond acceptors (Lipinski definition) is 3. The highest BCUT2D eigenvalue weighted by molar-refractivity contribution is 8.19. The van der Waals surface area contributed by atoms with E-state index in [4.69, 9.17) is 0 Å². The van der Waals surface area contributed by atoms with Crippen molar-refractivity contribution in [1.82, 2.24) is 5.32 Å². The van der Waals surface area contributed by atoms with E-state index in [0.29, 0.717) is 16.0 Å². The highest BCUT2D eigenvalue weighted by atomic mass is 32.2. The van der Waals surface area contributed by atoms with Crippen molar-refractivity contribution in [1.29, 1.82) is 0 Å². The summed E-state index contributed by atoms with van der Waals surface area (Å²) in [6.07, 6.45) is 5.95. The molecule has 0 bridgehead atoms. The van der Waals surface area contributed by atoms with Crippen LogP contribution in [0.4, 0.5) is 0 Å². The summed E-state index contributed by atoms with van der Waals surface area (Å²) in [6.45, 7) is 7.07. The number of thioether (sulfide) groups is 2. The zero-order valence-electron chi connectivity index (χ0n) is 15.7. The molecule has 0 atom stereocenters. The van der Waals surface area contributed by atoms with Gasteiger partial charge >= 0.3 is 0 Å². The Morgan fingerprint density at radius 1 is 1.08 bits per heavy atom. The highest BCUT2D eigenvalue weighted by Crippen LogP contribution is 2.45. The number of rotatable bonds is 5. The molecule has 1 amide bonds. The van der Waals surface area contributed by atoms with Crippen molar-refractivity contribution >= 4 is 29.4 Å². The largest absolute Gasteiger partial charge is 0.349 e. The summed E-state index contributed by atoms with van der Waals surface area (Å²) in [7, 11) is 0. The van der Waals surface area contributed by atoms with Crippen molar-refractivity contribution in [2.75, 3.05) is 11.5 Å². The number of carbonyl (C=O) groups excluding carboxylic acids is 1. The molecule has 1 saturated heterocycles. The monoisotopic (exact) mass is 377 g/mol. The Labute approximate surface area is 161 Å². The second-order valence-corrected chi connectivity index (χ2v) is 10.8. The van der Waals surface area contributed by atoms with Crippen LogP contribution in [0.25, 0.3) is 0 Å². The van der Waals surface area contributed by atoms with Crippen molar-refractivity contribution in [3.05, 3.63) is 35.4 Å². The lowest BCUT2D eigenvalue weighted by molar-refractivity contribution is 0.0893. The van der Waals surface area contributed by atoms with E-state index in [-0.39, 0.29) is 5.91 Å². The van der Waals surface area contributed by atoms with Crippen LogP contribution in [0.3, 0.4) is 0 Å². The molecule has 2 nitrogen and oxygen atoms in total. The molecular formula is C21H31NOS2. The van der Waals surface area contributed by atoms with E-state index in [0.717, 1.165) is 24.3 Å².